The topological polar surface area (TPSA) is 75.3 Å². The minimum atomic E-state index is -3.74. The summed E-state index contributed by atoms with van der Waals surface area (Å²) < 4.78 is 24.2. The summed E-state index contributed by atoms with van der Waals surface area (Å²) in [5.41, 5.74) is 5.09. The van der Waals surface area contributed by atoms with E-state index in [1.54, 1.807) is 16.8 Å². The zero-order valence-corrected chi connectivity index (χ0v) is 15.1. The van der Waals surface area contributed by atoms with Gasteiger partial charge in [0.25, 0.3) is 15.9 Å². The molecule has 1 amide bonds. The van der Waals surface area contributed by atoms with Crippen LogP contribution in [-0.2, 0) is 10.0 Å². The predicted octanol–water partition coefficient (Wildman–Crippen LogP) is 3.41. The summed E-state index contributed by atoms with van der Waals surface area (Å²) in [5.74, 6) is -0.485. The van der Waals surface area contributed by atoms with Crippen molar-refractivity contribution in [1.82, 2.24) is 10.3 Å². The van der Waals surface area contributed by atoms with E-state index in [-0.39, 0.29) is 4.21 Å². The first-order valence-electron chi connectivity index (χ1n) is 6.97. The third-order valence-corrected chi connectivity index (χ3v) is 6.85. The van der Waals surface area contributed by atoms with Gasteiger partial charge in [-0.1, -0.05) is 35.9 Å². The lowest BCUT2D eigenvalue weighted by molar-refractivity contribution is 0.0950. The fourth-order valence-electron chi connectivity index (χ4n) is 2.08. The van der Waals surface area contributed by atoms with Crippen LogP contribution in [0.1, 0.15) is 15.2 Å². The van der Waals surface area contributed by atoms with E-state index in [1.165, 1.54) is 17.4 Å². The maximum atomic E-state index is 12.4. The molecule has 0 saturated heterocycles. The molecule has 3 rings (SSSR count). The largest absolute Gasteiger partial charge is 0.276 e. The van der Waals surface area contributed by atoms with Crippen LogP contribution in [0.2, 0.25) is 0 Å². The lowest BCUT2D eigenvalue weighted by Crippen LogP contribution is -2.41. The molecular weight excluding hydrogens is 364 g/mol. The van der Waals surface area contributed by atoms with Gasteiger partial charge in [-0.15, -0.1) is 27.5 Å². The molecule has 0 unspecified atom stereocenters. The Labute approximate surface area is 148 Å². The van der Waals surface area contributed by atoms with Crippen molar-refractivity contribution < 1.29 is 13.2 Å². The van der Waals surface area contributed by atoms with Gasteiger partial charge in [0, 0.05) is 5.56 Å². The van der Waals surface area contributed by atoms with E-state index in [2.05, 4.69) is 10.3 Å². The number of carbonyl (C=O) groups is 1. The molecule has 1 aromatic carbocycles. The molecule has 0 fully saturated rings. The summed E-state index contributed by atoms with van der Waals surface area (Å²) in [6.07, 6.45) is 0. The number of hydrazine groups is 1. The first-order valence-corrected chi connectivity index (χ1v) is 10.2. The van der Waals surface area contributed by atoms with Crippen molar-refractivity contribution in [3.63, 3.8) is 0 Å². The number of carbonyl (C=O) groups excluding carboxylic acids is 1. The van der Waals surface area contributed by atoms with E-state index in [0.717, 1.165) is 28.0 Å². The lowest BCUT2D eigenvalue weighted by atomic mass is 10.1. The molecule has 2 N–H and O–H groups in total. The summed E-state index contributed by atoms with van der Waals surface area (Å²) in [6, 6.07) is 12.8. The molecule has 124 valence electrons. The van der Waals surface area contributed by atoms with E-state index in [4.69, 9.17) is 0 Å². The average Bonchev–Trinajstić information content (AvgIpc) is 3.25. The van der Waals surface area contributed by atoms with Gasteiger partial charge >= 0.3 is 0 Å². The SMILES string of the molecule is Cc1ccc(-c2ccsc2C(=O)NNS(=O)(=O)c2cccs2)cc1. The third-order valence-electron chi connectivity index (χ3n) is 3.29. The molecule has 0 atom stereocenters. The highest BCUT2D eigenvalue weighted by Crippen LogP contribution is 2.28. The Morgan fingerprint density at radius 2 is 1.75 bits per heavy atom. The zero-order valence-electron chi connectivity index (χ0n) is 12.6. The number of thiophene rings is 2. The van der Waals surface area contributed by atoms with Crippen LogP contribution in [0.25, 0.3) is 11.1 Å². The molecule has 24 heavy (non-hydrogen) atoms. The van der Waals surface area contributed by atoms with Crippen molar-refractivity contribution in [3.8, 4) is 11.1 Å². The molecule has 2 heterocycles. The van der Waals surface area contributed by atoms with Gasteiger partial charge in [-0.2, -0.15) is 0 Å². The molecule has 0 aliphatic rings. The second kappa shape index (κ2) is 6.86. The second-order valence-corrected chi connectivity index (χ2v) is 8.79. The highest BCUT2D eigenvalue weighted by Gasteiger charge is 2.19. The fraction of sp³-hybridized carbons (Fsp3) is 0.0625. The first kappa shape index (κ1) is 16.8. The van der Waals surface area contributed by atoms with Gasteiger partial charge < -0.3 is 0 Å². The van der Waals surface area contributed by atoms with Gasteiger partial charge in [0.1, 0.15) is 9.09 Å². The van der Waals surface area contributed by atoms with Gasteiger partial charge in [-0.3, -0.25) is 10.2 Å². The molecule has 3 aromatic rings. The monoisotopic (exact) mass is 378 g/mol. The lowest BCUT2D eigenvalue weighted by Gasteiger charge is -2.08. The molecule has 2 aromatic heterocycles. The van der Waals surface area contributed by atoms with Crippen LogP contribution < -0.4 is 10.3 Å². The summed E-state index contributed by atoms with van der Waals surface area (Å²) >= 11 is 2.34. The Balaban J connectivity index is 1.77. The smallest absolute Gasteiger partial charge is 0.273 e. The van der Waals surface area contributed by atoms with Gasteiger partial charge in [0.05, 0.1) is 0 Å². The van der Waals surface area contributed by atoms with Gasteiger partial charge in [-0.25, -0.2) is 8.42 Å². The Morgan fingerprint density at radius 3 is 2.42 bits per heavy atom. The molecule has 0 saturated carbocycles. The number of nitrogens with one attached hydrogen (secondary N) is 2. The normalized spacial score (nSPS) is 11.4. The highest BCUT2D eigenvalue weighted by atomic mass is 32.2. The number of sulfonamides is 1. The predicted molar refractivity (Wildman–Crippen MR) is 96.6 cm³/mol. The summed E-state index contributed by atoms with van der Waals surface area (Å²) in [4.78, 5) is 14.9. The quantitative estimate of drug-likeness (QED) is 0.668. The maximum absolute atomic E-state index is 12.4. The minimum absolute atomic E-state index is 0.146. The molecule has 0 aliphatic carbocycles. The summed E-state index contributed by atoms with van der Waals surface area (Å²) in [6.45, 7) is 1.99. The van der Waals surface area contributed by atoms with Gasteiger partial charge in [0.2, 0.25) is 0 Å². The third kappa shape index (κ3) is 3.57. The Hall–Kier alpha value is -2.00. The van der Waals surface area contributed by atoms with Crippen molar-refractivity contribution >= 4 is 38.6 Å². The Bertz CT molecular complexity index is 943. The molecule has 0 radical (unpaired) electrons. The standard InChI is InChI=1S/C16H14N2O3S3/c1-11-4-6-12(7-5-11)13-8-10-23-15(13)16(19)17-18-24(20,21)14-3-2-9-22-14/h2-10,18H,1H3,(H,17,19). The highest BCUT2D eigenvalue weighted by molar-refractivity contribution is 7.91. The average molecular weight is 379 g/mol. The minimum Gasteiger partial charge on any atom is -0.273 e. The zero-order chi connectivity index (χ0) is 17.2. The van der Waals surface area contributed by atoms with E-state index in [9.17, 15) is 13.2 Å². The summed E-state index contributed by atoms with van der Waals surface area (Å²) in [5, 5.41) is 3.46. The Kier molecular flexibility index (Phi) is 4.81. The van der Waals surface area contributed by atoms with Gasteiger partial charge in [0.15, 0.2) is 0 Å². The van der Waals surface area contributed by atoms with Crippen molar-refractivity contribution in [1.29, 1.82) is 0 Å². The number of hydrogen-bond donors (Lipinski definition) is 2. The van der Waals surface area contributed by atoms with E-state index in [0.29, 0.717) is 4.88 Å². The second-order valence-electron chi connectivity index (χ2n) is 5.02. The van der Waals surface area contributed by atoms with Gasteiger partial charge in [-0.05, 0) is 35.4 Å². The van der Waals surface area contributed by atoms with E-state index < -0.39 is 15.9 Å². The van der Waals surface area contributed by atoms with Crippen molar-refractivity contribution in [2.24, 2.45) is 0 Å². The van der Waals surface area contributed by atoms with E-state index in [1.807, 2.05) is 37.3 Å². The number of benzene rings is 1. The van der Waals surface area contributed by atoms with Crippen molar-refractivity contribution in [2.75, 3.05) is 0 Å². The van der Waals surface area contributed by atoms with Crippen molar-refractivity contribution in [3.05, 3.63) is 63.7 Å². The number of amides is 1. The molecule has 5 nitrogen and oxygen atoms in total. The van der Waals surface area contributed by atoms with Crippen molar-refractivity contribution in [2.45, 2.75) is 11.1 Å². The number of aryl methyl sites for hydroxylation is 1. The number of hydrogen-bond acceptors (Lipinski definition) is 5. The van der Waals surface area contributed by atoms with Crippen LogP contribution in [0.15, 0.2) is 57.4 Å². The van der Waals surface area contributed by atoms with E-state index >= 15 is 0 Å². The molecular formula is C16H14N2O3S3. The van der Waals surface area contributed by atoms with Crippen LogP contribution in [-0.4, -0.2) is 14.3 Å². The molecule has 0 aliphatic heterocycles. The first-order chi connectivity index (χ1) is 11.5. The maximum Gasteiger partial charge on any atom is 0.276 e. The molecule has 0 bridgehead atoms. The van der Waals surface area contributed by atoms with Crippen LogP contribution in [0, 0.1) is 6.92 Å². The van der Waals surface area contributed by atoms with Crippen LogP contribution in [0.5, 0.6) is 0 Å². The summed E-state index contributed by atoms with van der Waals surface area (Å²) in [7, 11) is -3.74. The number of rotatable bonds is 5. The fourth-order valence-corrected chi connectivity index (χ4v) is 4.73. The Morgan fingerprint density at radius 1 is 1.00 bits per heavy atom. The van der Waals surface area contributed by atoms with Crippen LogP contribution in [0.4, 0.5) is 0 Å². The molecule has 0 spiro atoms. The van der Waals surface area contributed by atoms with Crippen LogP contribution in [0.3, 0.4) is 0 Å². The molecule has 8 heteroatoms. The van der Waals surface area contributed by atoms with Crippen LogP contribution >= 0.6 is 22.7 Å².